The minimum atomic E-state index is -0.00153. The third-order valence-electron chi connectivity index (χ3n) is 5.13. The molecule has 2 rings (SSSR count). The molecule has 1 heteroatoms. The van der Waals surface area contributed by atoms with Crippen molar-refractivity contribution >= 4 is 0 Å². The summed E-state index contributed by atoms with van der Waals surface area (Å²) in [5.74, 6) is 2.89. The van der Waals surface area contributed by atoms with Gasteiger partial charge >= 0.3 is 0 Å². The molecule has 1 nitrogen and oxygen atoms in total. The molecule has 0 amide bonds. The van der Waals surface area contributed by atoms with Crippen LogP contribution >= 0.6 is 0 Å². The average Bonchev–Trinajstić information content (AvgIpc) is 2.32. The molecule has 0 aromatic rings. The van der Waals surface area contributed by atoms with Crippen molar-refractivity contribution in [2.45, 2.75) is 65.2 Å². The molecule has 0 atom stereocenters. The standard InChI is InChI=1S/C15H25N/c1-12-3-5-13(6-4-12)14-7-9-15(2,11-16)10-8-14/h12-14H,3-10H2,1-2H3/t12-,13-,14-,15+. The molecule has 0 aliphatic heterocycles. The summed E-state index contributed by atoms with van der Waals surface area (Å²) < 4.78 is 0. The van der Waals surface area contributed by atoms with Crippen molar-refractivity contribution < 1.29 is 0 Å². The third kappa shape index (κ3) is 2.59. The van der Waals surface area contributed by atoms with E-state index in [0.29, 0.717) is 0 Å². The predicted octanol–water partition coefficient (Wildman–Crippen LogP) is 4.53. The Kier molecular flexibility index (Phi) is 3.57. The van der Waals surface area contributed by atoms with E-state index in [1.165, 1.54) is 38.5 Å². The molecule has 2 aliphatic rings. The van der Waals surface area contributed by atoms with Crippen LogP contribution in [-0.2, 0) is 0 Å². The van der Waals surface area contributed by atoms with Crippen LogP contribution in [0.15, 0.2) is 0 Å². The zero-order chi connectivity index (χ0) is 11.6. The topological polar surface area (TPSA) is 23.8 Å². The van der Waals surface area contributed by atoms with Crippen molar-refractivity contribution in [2.24, 2.45) is 23.2 Å². The molecule has 2 saturated carbocycles. The normalized spacial score (nSPS) is 44.9. The van der Waals surface area contributed by atoms with Crippen LogP contribution in [0.4, 0.5) is 0 Å². The van der Waals surface area contributed by atoms with Crippen molar-refractivity contribution in [1.82, 2.24) is 0 Å². The predicted molar refractivity (Wildman–Crippen MR) is 66.8 cm³/mol. The van der Waals surface area contributed by atoms with E-state index in [1.54, 1.807) is 0 Å². The summed E-state index contributed by atoms with van der Waals surface area (Å²) in [6.45, 7) is 4.54. The van der Waals surface area contributed by atoms with Gasteiger partial charge in [-0.2, -0.15) is 5.26 Å². The van der Waals surface area contributed by atoms with Gasteiger partial charge in [-0.3, -0.25) is 0 Å². The molecular formula is C15H25N. The zero-order valence-electron chi connectivity index (χ0n) is 10.8. The highest BCUT2D eigenvalue weighted by molar-refractivity contribution is 4.99. The van der Waals surface area contributed by atoms with Gasteiger partial charge in [0, 0.05) is 0 Å². The number of rotatable bonds is 1. The first kappa shape index (κ1) is 12.0. The number of nitrogens with zero attached hydrogens (tertiary/aromatic N) is 1. The molecule has 2 aliphatic carbocycles. The Bertz CT molecular complexity index is 260. The van der Waals surface area contributed by atoms with Crippen molar-refractivity contribution in [1.29, 1.82) is 5.26 Å². The van der Waals surface area contributed by atoms with E-state index in [9.17, 15) is 0 Å². The van der Waals surface area contributed by atoms with Crippen LogP contribution in [0, 0.1) is 34.5 Å². The van der Waals surface area contributed by atoms with Crippen LogP contribution in [0.25, 0.3) is 0 Å². The average molecular weight is 219 g/mol. The number of hydrogen-bond donors (Lipinski definition) is 0. The van der Waals surface area contributed by atoms with Gasteiger partial charge in [-0.1, -0.05) is 19.8 Å². The summed E-state index contributed by atoms with van der Waals surface area (Å²) in [5.41, 5.74) is -0.00153. The van der Waals surface area contributed by atoms with Gasteiger partial charge < -0.3 is 0 Å². The lowest BCUT2D eigenvalue weighted by molar-refractivity contribution is 0.133. The highest BCUT2D eigenvalue weighted by Crippen LogP contribution is 2.44. The van der Waals surface area contributed by atoms with Crippen LogP contribution in [-0.4, -0.2) is 0 Å². The molecule has 0 radical (unpaired) electrons. The second kappa shape index (κ2) is 4.78. The summed E-state index contributed by atoms with van der Waals surface area (Å²) in [7, 11) is 0. The summed E-state index contributed by atoms with van der Waals surface area (Å²) in [5, 5.41) is 9.13. The molecule has 0 aromatic heterocycles. The Morgan fingerprint density at radius 3 is 1.94 bits per heavy atom. The van der Waals surface area contributed by atoms with E-state index in [-0.39, 0.29) is 5.41 Å². The molecule has 0 heterocycles. The van der Waals surface area contributed by atoms with Crippen molar-refractivity contribution in [3.63, 3.8) is 0 Å². The molecule has 0 saturated heterocycles. The van der Waals surface area contributed by atoms with Crippen LogP contribution in [0.3, 0.4) is 0 Å². The van der Waals surface area contributed by atoms with Crippen LogP contribution in [0.1, 0.15) is 65.2 Å². The quantitative estimate of drug-likeness (QED) is 0.635. The number of hydrogen-bond acceptors (Lipinski definition) is 1. The fourth-order valence-corrected chi connectivity index (χ4v) is 3.62. The SMILES string of the molecule is C[C@H]1CC[C@H]([C@H]2CC[C@@](C)(C#N)CC2)CC1. The second-order valence-corrected chi connectivity index (χ2v) is 6.53. The summed E-state index contributed by atoms with van der Waals surface area (Å²) >= 11 is 0. The Morgan fingerprint density at radius 1 is 0.938 bits per heavy atom. The van der Waals surface area contributed by atoms with Crippen molar-refractivity contribution in [3.8, 4) is 6.07 Å². The maximum Gasteiger partial charge on any atom is 0.0686 e. The first-order valence-corrected chi connectivity index (χ1v) is 7.04. The molecule has 16 heavy (non-hydrogen) atoms. The molecule has 90 valence electrons. The van der Waals surface area contributed by atoms with Crippen LogP contribution < -0.4 is 0 Å². The molecule has 0 spiro atoms. The molecule has 0 unspecified atom stereocenters. The lowest BCUT2D eigenvalue weighted by Gasteiger charge is -2.39. The number of nitriles is 1. The van der Waals surface area contributed by atoms with E-state index in [1.807, 2.05) is 0 Å². The van der Waals surface area contributed by atoms with E-state index in [2.05, 4.69) is 19.9 Å². The lowest BCUT2D eigenvalue weighted by Crippen LogP contribution is -2.29. The first-order valence-electron chi connectivity index (χ1n) is 7.04. The van der Waals surface area contributed by atoms with Crippen LogP contribution in [0.2, 0.25) is 0 Å². The highest BCUT2D eigenvalue weighted by atomic mass is 14.4. The summed E-state index contributed by atoms with van der Waals surface area (Å²) in [6.07, 6.45) is 10.7. The van der Waals surface area contributed by atoms with Gasteiger partial charge in [-0.15, -0.1) is 0 Å². The van der Waals surface area contributed by atoms with Crippen molar-refractivity contribution in [3.05, 3.63) is 0 Å². The minimum absolute atomic E-state index is 0.00153. The molecular weight excluding hydrogens is 194 g/mol. The lowest BCUT2D eigenvalue weighted by atomic mass is 9.66. The Hall–Kier alpha value is -0.510. The first-order chi connectivity index (χ1) is 7.63. The van der Waals surface area contributed by atoms with Gasteiger partial charge in [-0.25, -0.2) is 0 Å². The second-order valence-electron chi connectivity index (χ2n) is 6.53. The van der Waals surface area contributed by atoms with Gasteiger partial charge in [0.25, 0.3) is 0 Å². The van der Waals surface area contributed by atoms with E-state index in [0.717, 1.165) is 30.6 Å². The molecule has 0 aromatic carbocycles. The van der Waals surface area contributed by atoms with Gasteiger partial charge in [-0.05, 0) is 63.2 Å². The third-order valence-corrected chi connectivity index (χ3v) is 5.13. The Labute approximate surface area is 100 Å². The summed E-state index contributed by atoms with van der Waals surface area (Å²) in [6, 6.07) is 2.51. The van der Waals surface area contributed by atoms with Crippen molar-refractivity contribution in [2.75, 3.05) is 0 Å². The minimum Gasteiger partial charge on any atom is -0.198 e. The van der Waals surface area contributed by atoms with E-state index >= 15 is 0 Å². The zero-order valence-corrected chi connectivity index (χ0v) is 10.8. The van der Waals surface area contributed by atoms with Gasteiger partial charge in [0.2, 0.25) is 0 Å². The molecule has 0 bridgehead atoms. The molecule has 0 N–H and O–H groups in total. The maximum absolute atomic E-state index is 9.13. The van der Waals surface area contributed by atoms with E-state index in [4.69, 9.17) is 5.26 Å². The maximum atomic E-state index is 9.13. The monoisotopic (exact) mass is 219 g/mol. The van der Waals surface area contributed by atoms with Gasteiger partial charge in [0.15, 0.2) is 0 Å². The fraction of sp³-hybridized carbons (Fsp3) is 0.933. The largest absolute Gasteiger partial charge is 0.198 e. The molecule has 2 fully saturated rings. The van der Waals surface area contributed by atoms with Crippen LogP contribution in [0.5, 0.6) is 0 Å². The Balaban J connectivity index is 1.83. The van der Waals surface area contributed by atoms with Gasteiger partial charge in [0.1, 0.15) is 0 Å². The summed E-state index contributed by atoms with van der Waals surface area (Å²) in [4.78, 5) is 0. The van der Waals surface area contributed by atoms with E-state index < -0.39 is 0 Å². The fourth-order valence-electron chi connectivity index (χ4n) is 3.62. The van der Waals surface area contributed by atoms with Gasteiger partial charge in [0.05, 0.1) is 11.5 Å². The Morgan fingerprint density at radius 2 is 1.44 bits per heavy atom. The smallest absolute Gasteiger partial charge is 0.0686 e. The highest BCUT2D eigenvalue weighted by Gasteiger charge is 2.35.